The molecule has 198 valence electrons. The fourth-order valence-electron chi connectivity index (χ4n) is 4.40. The number of benzene rings is 3. The fourth-order valence-corrected chi connectivity index (χ4v) is 4.76. The summed E-state index contributed by atoms with van der Waals surface area (Å²) >= 11 is 3.20. The maximum absolute atomic E-state index is 14.1. The molecular formula is C27H21BrF4N2O4. The molecule has 0 bridgehead atoms. The van der Waals surface area contributed by atoms with Gasteiger partial charge in [0.1, 0.15) is 22.9 Å². The van der Waals surface area contributed by atoms with Gasteiger partial charge in [0.2, 0.25) is 11.2 Å². The molecule has 0 atom stereocenters. The van der Waals surface area contributed by atoms with Crippen molar-refractivity contribution in [3.8, 4) is 17.2 Å². The zero-order valence-corrected chi connectivity index (χ0v) is 21.4. The summed E-state index contributed by atoms with van der Waals surface area (Å²) in [6.07, 6.45) is -5.03. The molecule has 5 rings (SSSR count). The topological polar surface area (TPSA) is 66.2 Å². The molecule has 38 heavy (non-hydrogen) atoms. The minimum absolute atomic E-state index is 0.0164. The summed E-state index contributed by atoms with van der Waals surface area (Å²) in [4.78, 5) is 17.3. The molecule has 2 heterocycles. The van der Waals surface area contributed by atoms with Crippen LogP contribution < -0.4 is 15.1 Å². The predicted octanol–water partition coefficient (Wildman–Crippen LogP) is 6.53. The van der Waals surface area contributed by atoms with Gasteiger partial charge in [-0.3, -0.25) is 9.69 Å². The predicted molar refractivity (Wildman–Crippen MR) is 137 cm³/mol. The van der Waals surface area contributed by atoms with Crippen molar-refractivity contribution in [2.75, 3.05) is 31.1 Å². The van der Waals surface area contributed by atoms with E-state index >= 15 is 0 Å². The monoisotopic (exact) mass is 592 g/mol. The van der Waals surface area contributed by atoms with Crippen LogP contribution in [0.4, 0.5) is 23.2 Å². The third kappa shape index (κ3) is 5.21. The van der Waals surface area contributed by atoms with E-state index in [1.54, 1.807) is 30.3 Å². The molecule has 1 fully saturated rings. The van der Waals surface area contributed by atoms with Crippen LogP contribution in [0.5, 0.6) is 17.2 Å². The summed E-state index contributed by atoms with van der Waals surface area (Å²) < 4.78 is 66.5. The molecular weight excluding hydrogens is 572 g/mol. The minimum atomic E-state index is -5.03. The smallest absolute Gasteiger partial charge is 0.453 e. The van der Waals surface area contributed by atoms with Crippen LogP contribution in [0.2, 0.25) is 0 Å². The Morgan fingerprint density at radius 3 is 2.32 bits per heavy atom. The van der Waals surface area contributed by atoms with Gasteiger partial charge in [-0.25, -0.2) is 4.39 Å². The zero-order valence-electron chi connectivity index (χ0n) is 19.8. The molecule has 1 saturated heterocycles. The first kappa shape index (κ1) is 26.1. The second-order valence-corrected chi connectivity index (χ2v) is 9.65. The van der Waals surface area contributed by atoms with Crippen molar-refractivity contribution in [3.05, 3.63) is 92.5 Å². The number of fused-ring (bicyclic) bond motifs is 1. The molecule has 1 aliphatic rings. The number of phenols is 1. The molecule has 0 spiro atoms. The lowest BCUT2D eigenvalue weighted by molar-refractivity contribution is -0.154. The van der Waals surface area contributed by atoms with Crippen LogP contribution >= 0.6 is 15.9 Å². The van der Waals surface area contributed by atoms with Crippen LogP contribution in [0.3, 0.4) is 0 Å². The molecule has 0 aliphatic carbocycles. The van der Waals surface area contributed by atoms with E-state index in [0.29, 0.717) is 30.7 Å². The molecule has 4 aromatic rings. The molecule has 0 saturated carbocycles. The summed E-state index contributed by atoms with van der Waals surface area (Å²) in [5.41, 5.74) is -0.412. The molecule has 1 aliphatic heterocycles. The van der Waals surface area contributed by atoms with Gasteiger partial charge in [-0.2, -0.15) is 13.2 Å². The van der Waals surface area contributed by atoms with Crippen molar-refractivity contribution in [3.63, 3.8) is 0 Å². The number of halogens is 5. The van der Waals surface area contributed by atoms with Crippen molar-refractivity contribution in [1.82, 2.24) is 4.90 Å². The lowest BCUT2D eigenvalue weighted by Gasteiger charge is -2.36. The van der Waals surface area contributed by atoms with Gasteiger partial charge in [-0.1, -0.05) is 12.1 Å². The van der Waals surface area contributed by atoms with Gasteiger partial charge in [0.25, 0.3) is 5.76 Å². The average molecular weight is 593 g/mol. The van der Waals surface area contributed by atoms with Crippen molar-refractivity contribution < 1.29 is 31.8 Å². The van der Waals surface area contributed by atoms with E-state index in [4.69, 9.17) is 9.15 Å². The number of ether oxygens (including phenoxy) is 1. The van der Waals surface area contributed by atoms with E-state index in [1.165, 1.54) is 30.3 Å². The summed E-state index contributed by atoms with van der Waals surface area (Å²) in [6, 6.07) is 14.8. The molecule has 1 N–H and O–H groups in total. The Balaban J connectivity index is 1.48. The lowest BCUT2D eigenvalue weighted by atomic mass is 10.1. The van der Waals surface area contributed by atoms with E-state index in [1.807, 2.05) is 4.90 Å². The molecule has 0 amide bonds. The number of aromatic hydroxyl groups is 1. The Morgan fingerprint density at radius 1 is 0.974 bits per heavy atom. The van der Waals surface area contributed by atoms with E-state index in [9.17, 15) is 27.5 Å². The van der Waals surface area contributed by atoms with E-state index in [-0.39, 0.29) is 40.4 Å². The highest BCUT2D eigenvalue weighted by Gasteiger charge is 2.41. The number of nitrogens with zero attached hydrogens (tertiary/aromatic N) is 2. The zero-order chi connectivity index (χ0) is 27.0. The number of para-hydroxylation sites is 1. The molecule has 3 aromatic carbocycles. The van der Waals surface area contributed by atoms with Crippen LogP contribution in [0.1, 0.15) is 11.3 Å². The number of hydrogen-bond donors (Lipinski definition) is 1. The Morgan fingerprint density at radius 2 is 1.66 bits per heavy atom. The summed E-state index contributed by atoms with van der Waals surface area (Å²) in [7, 11) is 0. The number of piperazine rings is 1. The second-order valence-electron chi connectivity index (χ2n) is 8.80. The average Bonchev–Trinajstić information content (AvgIpc) is 2.88. The van der Waals surface area contributed by atoms with Crippen molar-refractivity contribution in [2.45, 2.75) is 12.7 Å². The maximum atomic E-state index is 14.1. The molecule has 11 heteroatoms. The Bertz CT molecular complexity index is 1530. The van der Waals surface area contributed by atoms with Gasteiger partial charge < -0.3 is 19.2 Å². The normalized spacial score (nSPS) is 14.7. The van der Waals surface area contributed by atoms with Crippen LogP contribution in [0, 0.1) is 5.82 Å². The van der Waals surface area contributed by atoms with Gasteiger partial charge >= 0.3 is 6.18 Å². The highest BCUT2D eigenvalue weighted by Crippen LogP contribution is 2.41. The van der Waals surface area contributed by atoms with Crippen LogP contribution in [0.25, 0.3) is 11.0 Å². The first-order valence-corrected chi connectivity index (χ1v) is 12.4. The fraction of sp³-hybridized carbons (Fsp3) is 0.222. The van der Waals surface area contributed by atoms with Gasteiger partial charge in [0.05, 0.1) is 15.4 Å². The van der Waals surface area contributed by atoms with Gasteiger partial charge in [-0.05, 0) is 64.5 Å². The van der Waals surface area contributed by atoms with Crippen LogP contribution in [-0.4, -0.2) is 36.2 Å². The van der Waals surface area contributed by atoms with Crippen molar-refractivity contribution >= 4 is 32.6 Å². The quantitative estimate of drug-likeness (QED) is 0.266. The first-order valence-electron chi connectivity index (χ1n) is 11.7. The van der Waals surface area contributed by atoms with Crippen LogP contribution in [0.15, 0.2) is 74.3 Å². The highest BCUT2D eigenvalue weighted by atomic mass is 79.9. The number of hydrogen-bond acceptors (Lipinski definition) is 6. The summed E-state index contributed by atoms with van der Waals surface area (Å²) in [5.74, 6) is -3.17. The number of rotatable bonds is 5. The lowest BCUT2D eigenvalue weighted by Crippen LogP contribution is -2.46. The third-order valence-corrected chi connectivity index (χ3v) is 7.00. The second kappa shape index (κ2) is 10.3. The van der Waals surface area contributed by atoms with Crippen molar-refractivity contribution in [1.29, 1.82) is 0 Å². The van der Waals surface area contributed by atoms with E-state index < -0.39 is 23.1 Å². The van der Waals surface area contributed by atoms with Crippen molar-refractivity contribution in [2.24, 2.45) is 0 Å². The largest absolute Gasteiger partial charge is 0.507 e. The standard InChI is InChI=1S/C27H21BrF4N2O4/c28-20-3-1-2-4-22(20)37-25-23(36)18-9-10-21(35)19(24(18)38-26(25)27(30,31)32)15-33-11-13-34(14-12-33)17-7-5-16(29)6-8-17/h1-10,35H,11-15H2. The highest BCUT2D eigenvalue weighted by molar-refractivity contribution is 9.10. The number of anilines is 1. The summed E-state index contributed by atoms with van der Waals surface area (Å²) in [6.45, 7) is 2.27. The number of phenolic OH excluding ortho intramolecular Hbond substituents is 1. The Hall–Kier alpha value is -3.57. The first-order chi connectivity index (χ1) is 18.1. The Kier molecular flexibility index (Phi) is 7.06. The SMILES string of the molecule is O=c1c(Oc2ccccc2Br)c(C(F)(F)F)oc2c(CN3CCN(c4ccc(F)cc4)CC3)c(O)ccc12. The molecule has 0 unspecified atom stereocenters. The Labute approximate surface area is 222 Å². The van der Waals surface area contributed by atoms with Crippen LogP contribution in [-0.2, 0) is 12.7 Å². The van der Waals surface area contributed by atoms with Gasteiger partial charge in [-0.15, -0.1) is 0 Å². The maximum Gasteiger partial charge on any atom is 0.453 e. The third-order valence-electron chi connectivity index (χ3n) is 6.35. The number of alkyl halides is 3. The minimum Gasteiger partial charge on any atom is -0.507 e. The van der Waals surface area contributed by atoms with E-state index in [0.717, 1.165) is 5.69 Å². The molecule has 6 nitrogen and oxygen atoms in total. The summed E-state index contributed by atoms with van der Waals surface area (Å²) in [5, 5.41) is 10.4. The molecule has 0 radical (unpaired) electrons. The van der Waals surface area contributed by atoms with Gasteiger partial charge in [0, 0.05) is 38.4 Å². The molecule has 1 aromatic heterocycles. The van der Waals surface area contributed by atoms with E-state index in [2.05, 4.69) is 20.8 Å². The van der Waals surface area contributed by atoms with Gasteiger partial charge in [0.15, 0.2) is 0 Å².